The Balaban J connectivity index is 2.30. The number of hydrogen-bond acceptors (Lipinski definition) is 4. The fourth-order valence-corrected chi connectivity index (χ4v) is 2.04. The summed E-state index contributed by atoms with van der Waals surface area (Å²) in [5, 5.41) is 14.3. The minimum absolute atomic E-state index is 0.804. The van der Waals surface area contributed by atoms with Crippen molar-refractivity contribution < 1.29 is 0 Å². The summed E-state index contributed by atoms with van der Waals surface area (Å²) in [6, 6.07) is 2.08. The molecular formula is C10H12N4S. The minimum atomic E-state index is 0.804. The zero-order valence-electron chi connectivity index (χ0n) is 8.93. The quantitative estimate of drug-likeness (QED) is 0.728. The van der Waals surface area contributed by atoms with Gasteiger partial charge < -0.3 is 0 Å². The number of aromatic nitrogens is 3. The van der Waals surface area contributed by atoms with Crippen molar-refractivity contribution in [2.75, 3.05) is 0 Å². The Morgan fingerprint density at radius 2 is 1.93 bits per heavy atom. The van der Waals surface area contributed by atoms with E-state index < -0.39 is 0 Å². The molecule has 0 spiro atoms. The summed E-state index contributed by atoms with van der Waals surface area (Å²) in [6.07, 6.45) is 1.85. The zero-order valence-corrected chi connectivity index (χ0v) is 9.75. The van der Waals surface area contributed by atoms with E-state index in [9.17, 15) is 0 Å². The van der Waals surface area contributed by atoms with Crippen LogP contribution in [-0.4, -0.2) is 21.1 Å². The van der Waals surface area contributed by atoms with E-state index in [4.69, 9.17) is 0 Å². The van der Waals surface area contributed by atoms with Gasteiger partial charge >= 0.3 is 0 Å². The molecule has 0 amide bonds. The first-order valence-electron chi connectivity index (χ1n) is 4.65. The summed E-state index contributed by atoms with van der Waals surface area (Å²) < 4.78 is 1.74. The van der Waals surface area contributed by atoms with Gasteiger partial charge in [-0.25, -0.2) is 4.68 Å². The van der Waals surface area contributed by atoms with Gasteiger partial charge in [0.1, 0.15) is 0 Å². The maximum absolute atomic E-state index is 4.35. The van der Waals surface area contributed by atoms with Gasteiger partial charge in [-0.05, 0) is 37.8 Å². The molecule has 0 unspecified atom stereocenters. The van der Waals surface area contributed by atoms with Crippen molar-refractivity contribution in [2.45, 2.75) is 20.8 Å². The van der Waals surface area contributed by atoms with Crippen molar-refractivity contribution in [1.82, 2.24) is 14.9 Å². The Morgan fingerprint density at radius 3 is 2.47 bits per heavy atom. The van der Waals surface area contributed by atoms with Gasteiger partial charge in [-0.15, -0.1) is 21.5 Å². The normalized spacial score (nSPS) is 11.4. The molecule has 2 aromatic rings. The van der Waals surface area contributed by atoms with E-state index >= 15 is 0 Å². The lowest BCUT2D eigenvalue weighted by Gasteiger charge is -1.96. The second kappa shape index (κ2) is 3.94. The van der Waals surface area contributed by atoms with Crippen LogP contribution >= 0.6 is 11.3 Å². The second-order valence-corrected chi connectivity index (χ2v) is 4.27. The van der Waals surface area contributed by atoms with Crippen LogP contribution in [0.4, 0.5) is 0 Å². The van der Waals surface area contributed by atoms with Gasteiger partial charge in [-0.1, -0.05) is 0 Å². The van der Waals surface area contributed by atoms with Crippen LogP contribution in [0, 0.1) is 20.8 Å². The molecule has 4 nitrogen and oxygen atoms in total. The molecule has 0 aliphatic heterocycles. The lowest BCUT2D eigenvalue weighted by molar-refractivity contribution is 0.799. The molecule has 5 heteroatoms. The zero-order chi connectivity index (χ0) is 10.8. The van der Waals surface area contributed by atoms with E-state index in [-0.39, 0.29) is 0 Å². The highest BCUT2D eigenvalue weighted by molar-refractivity contribution is 7.11. The molecule has 2 aromatic heterocycles. The topological polar surface area (TPSA) is 43.1 Å². The number of hydrogen-bond donors (Lipinski definition) is 0. The van der Waals surface area contributed by atoms with Gasteiger partial charge in [0, 0.05) is 0 Å². The van der Waals surface area contributed by atoms with E-state index in [1.54, 1.807) is 16.0 Å². The molecule has 0 atom stereocenters. The summed E-state index contributed by atoms with van der Waals surface area (Å²) in [7, 11) is 0. The van der Waals surface area contributed by atoms with Crippen molar-refractivity contribution >= 4 is 17.6 Å². The summed E-state index contributed by atoms with van der Waals surface area (Å²) >= 11 is 1.68. The fraction of sp³-hybridized carbons (Fsp3) is 0.300. The van der Waals surface area contributed by atoms with Gasteiger partial charge in [0.25, 0.3) is 0 Å². The number of nitrogens with zero attached hydrogens (tertiary/aromatic N) is 4. The molecule has 0 aliphatic rings. The van der Waals surface area contributed by atoms with E-state index in [2.05, 4.69) is 33.7 Å². The average molecular weight is 220 g/mol. The van der Waals surface area contributed by atoms with Gasteiger partial charge in [-0.3, -0.25) is 0 Å². The molecule has 0 radical (unpaired) electrons. The first-order chi connectivity index (χ1) is 7.18. The largest absolute Gasteiger partial charge is 0.202 e. The van der Waals surface area contributed by atoms with Crippen molar-refractivity contribution in [3.05, 3.63) is 33.5 Å². The molecule has 15 heavy (non-hydrogen) atoms. The number of aryl methyl sites for hydroxylation is 3. The smallest absolute Gasteiger partial charge is 0.151 e. The monoisotopic (exact) mass is 220 g/mol. The second-order valence-electron chi connectivity index (χ2n) is 3.32. The molecule has 0 N–H and O–H groups in total. The Bertz CT molecular complexity index is 476. The highest BCUT2D eigenvalue weighted by atomic mass is 32.1. The highest BCUT2D eigenvalue weighted by Gasteiger charge is 2.01. The fourth-order valence-electron chi connectivity index (χ4n) is 1.26. The summed E-state index contributed by atoms with van der Waals surface area (Å²) in [4.78, 5) is 1.17. The molecule has 0 saturated carbocycles. The van der Waals surface area contributed by atoms with Gasteiger partial charge in [-0.2, -0.15) is 5.10 Å². The van der Waals surface area contributed by atoms with Crippen molar-refractivity contribution in [3.63, 3.8) is 0 Å². The summed E-state index contributed by atoms with van der Waals surface area (Å²) in [5.74, 6) is 1.61. The summed E-state index contributed by atoms with van der Waals surface area (Å²) in [6.45, 7) is 5.85. The van der Waals surface area contributed by atoms with Crippen LogP contribution < -0.4 is 0 Å². The lowest BCUT2D eigenvalue weighted by Crippen LogP contribution is -1.95. The van der Waals surface area contributed by atoms with Gasteiger partial charge in [0.05, 0.1) is 11.1 Å². The SMILES string of the molecule is Cc1ccsc1/C=N/n1c(C)nnc1C. The van der Waals surface area contributed by atoms with E-state index in [0.717, 1.165) is 11.6 Å². The minimum Gasteiger partial charge on any atom is -0.202 e. The Labute approximate surface area is 92.3 Å². The summed E-state index contributed by atoms with van der Waals surface area (Å²) in [5.41, 5.74) is 1.24. The predicted octanol–water partition coefficient (Wildman–Crippen LogP) is 2.15. The maximum atomic E-state index is 4.35. The molecule has 0 aromatic carbocycles. The maximum Gasteiger partial charge on any atom is 0.151 e. The van der Waals surface area contributed by atoms with Crippen LogP contribution in [0.3, 0.4) is 0 Å². The lowest BCUT2D eigenvalue weighted by atomic mass is 10.3. The van der Waals surface area contributed by atoms with Gasteiger partial charge in [0.2, 0.25) is 0 Å². The first-order valence-corrected chi connectivity index (χ1v) is 5.53. The average Bonchev–Trinajstić information content (AvgIpc) is 2.73. The van der Waals surface area contributed by atoms with Gasteiger partial charge in [0.15, 0.2) is 11.6 Å². The molecule has 0 saturated heterocycles. The van der Waals surface area contributed by atoms with Crippen molar-refractivity contribution in [1.29, 1.82) is 0 Å². The van der Waals surface area contributed by atoms with Crippen LogP contribution in [0.5, 0.6) is 0 Å². The molecule has 0 fully saturated rings. The molecular weight excluding hydrogens is 208 g/mol. The van der Waals surface area contributed by atoms with E-state index in [0.29, 0.717) is 0 Å². The molecule has 0 aliphatic carbocycles. The molecule has 78 valence electrons. The van der Waals surface area contributed by atoms with Crippen LogP contribution in [0.1, 0.15) is 22.1 Å². The van der Waals surface area contributed by atoms with Crippen LogP contribution in [0.25, 0.3) is 0 Å². The Hall–Kier alpha value is -1.49. The highest BCUT2D eigenvalue weighted by Crippen LogP contribution is 2.12. The first kappa shape index (κ1) is 10.0. The molecule has 2 heterocycles. The number of thiophene rings is 1. The third-order valence-corrected chi connectivity index (χ3v) is 3.10. The standard InChI is InChI=1S/C10H12N4S/c1-7-4-5-15-10(7)6-11-14-8(2)12-13-9(14)3/h4-6H,1-3H3/b11-6+. The van der Waals surface area contributed by atoms with Crippen LogP contribution in [0.15, 0.2) is 16.5 Å². The van der Waals surface area contributed by atoms with Crippen LogP contribution in [-0.2, 0) is 0 Å². The van der Waals surface area contributed by atoms with Crippen LogP contribution in [0.2, 0.25) is 0 Å². The third-order valence-electron chi connectivity index (χ3n) is 2.14. The Kier molecular flexibility index (Phi) is 2.64. The molecule has 0 bridgehead atoms. The van der Waals surface area contributed by atoms with E-state index in [1.807, 2.05) is 20.1 Å². The van der Waals surface area contributed by atoms with Crippen molar-refractivity contribution in [3.8, 4) is 0 Å². The van der Waals surface area contributed by atoms with Crippen molar-refractivity contribution in [2.24, 2.45) is 5.10 Å². The Morgan fingerprint density at radius 1 is 1.27 bits per heavy atom. The van der Waals surface area contributed by atoms with E-state index in [1.165, 1.54) is 10.4 Å². The molecule has 2 rings (SSSR count). The number of rotatable bonds is 2. The third kappa shape index (κ3) is 1.97. The predicted molar refractivity (Wildman–Crippen MR) is 61.5 cm³/mol.